The molecule has 0 bridgehead atoms. The number of hydrogen-bond donors (Lipinski definition) is 2. The lowest BCUT2D eigenvalue weighted by Gasteiger charge is -2.17. The van der Waals surface area contributed by atoms with E-state index in [1.807, 2.05) is 36.6 Å². The molecule has 3 aromatic rings. The van der Waals surface area contributed by atoms with Gasteiger partial charge in [0.05, 0.1) is 5.69 Å². The van der Waals surface area contributed by atoms with Crippen LogP contribution in [0.15, 0.2) is 47.8 Å². The van der Waals surface area contributed by atoms with Crippen molar-refractivity contribution in [1.29, 1.82) is 0 Å². The second-order valence-electron chi connectivity index (χ2n) is 6.28. The average Bonchev–Trinajstić information content (AvgIpc) is 3.10. The van der Waals surface area contributed by atoms with Gasteiger partial charge in [-0.1, -0.05) is 23.8 Å². The lowest BCUT2D eigenvalue weighted by atomic mass is 9.99. The second-order valence-corrected chi connectivity index (χ2v) is 7.14. The highest BCUT2D eigenvalue weighted by atomic mass is 32.1. The first kappa shape index (κ1) is 16.5. The van der Waals surface area contributed by atoms with Gasteiger partial charge in [0.2, 0.25) is 5.91 Å². The summed E-state index contributed by atoms with van der Waals surface area (Å²) in [5, 5.41) is 8.22. The van der Waals surface area contributed by atoms with E-state index in [0.29, 0.717) is 17.1 Å². The van der Waals surface area contributed by atoms with E-state index in [-0.39, 0.29) is 11.8 Å². The lowest BCUT2D eigenvalue weighted by Crippen LogP contribution is -2.18. The molecule has 4 rings (SSSR count). The Balaban J connectivity index is 1.52. The predicted octanol–water partition coefficient (Wildman–Crippen LogP) is 4.26. The Morgan fingerprint density at radius 3 is 2.77 bits per heavy atom. The summed E-state index contributed by atoms with van der Waals surface area (Å²) < 4.78 is 0. The first-order chi connectivity index (χ1) is 12.6. The molecule has 0 atom stereocenters. The molecule has 1 aromatic heterocycles. The van der Waals surface area contributed by atoms with Gasteiger partial charge in [-0.05, 0) is 43.2 Å². The molecule has 0 fully saturated rings. The van der Waals surface area contributed by atoms with Crippen molar-refractivity contribution in [3.05, 3.63) is 64.5 Å². The van der Waals surface area contributed by atoms with E-state index in [4.69, 9.17) is 0 Å². The molecule has 2 heterocycles. The van der Waals surface area contributed by atoms with Crippen LogP contribution in [0.25, 0.3) is 11.3 Å². The fourth-order valence-corrected chi connectivity index (χ4v) is 3.60. The Morgan fingerprint density at radius 1 is 1.15 bits per heavy atom. The van der Waals surface area contributed by atoms with E-state index in [9.17, 15) is 9.59 Å². The number of aromatic nitrogens is 1. The molecule has 1 aliphatic heterocycles. The first-order valence-corrected chi connectivity index (χ1v) is 9.23. The van der Waals surface area contributed by atoms with Crippen LogP contribution in [0.5, 0.6) is 0 Å². The van der Waals surface area contributed by atoms with Crippen LogP contribution in [0.1, 0.15) is 27.9 Å². The van der Waals surface area contributed by atoms with Gasteiger partial charge in [0, 0.05) is 28.6 Å². The SMILES string of the molecule is Cc1ccc(C(=O)Nc2nc(-c3ccc4c(c3)CCC(=O)N4)cs2)cc1. The molecule has 1 aliphatic rings. The first-order valence-electron chi connectivity index (χ1n) is 8.35. The van der Waals surface area contributed by atoms with Gasteiger partial charge in [-0.25, -0.2) is 4.98 Å². The van der Waals surface area contributed by atoms with Crippen molar-refractivity contribution in [3.8, 4) is 11.3 Å². The quantitative estimate of drug-likeness (QED) is 0.730. The van der Waals surface area contributed by atoms with Crippen LogP contribution in [0.4, 0.5) is 10.8 Å². The zero-order valence-electron chi connectivity index (χ0n) is 14.2. The van der Waals surface area contributed by atoms with E-state index in [2.05, 4.69) is 21.7 Å². The minimum absolute atomic E-state index is 0.0556. The number of fused-ring (bicyclic) bond motifs is 1. The molecule has 2 aromatic carbocycles. The third kappa shape index (κ3) is 3.36. The fraction of sp³-hybridized carbons (Fsp3) is 0.150. The lowest BCUT2D eigenvalue weighted by molar-refractivity contribution is -0.116. The maximum Gasteiger partial charge on any atom is 0.257 e. The van der Waals surface area contributed by atoms with Crippen LogP contribution in [0.2, 0.25) is 0 Å². The van der Waals surface area contributed by atoms with Crippen LogP contribution in [-0.4, -0.2) is 16.8 Å². The standard InChI is InChI=1S/C20H17N3O2S/c1-12-2-4-13(5-3-12)19(25)23-20-22-17(11-26-20)15-6-8-16-14(10-15)7-9-18(24)21-16/h2-6,8,10-11H,7,9H2,1H3,(H,21,24)(H,22,23,25). The summed E-state index contributed by atoms with van der Waals surface area (Å²) in [5.41, 5.74) is 5.49. The van der Waals surface area contributed by atoms with E-state index >= 15 is 0 Å². The number of hydrogen-bond acceptors (Lipinski definition) is 4. The minimum Gasteiger partial charge on any atom is -0.326 e. The number of anilines is 2. The van der Waals surface area contributed by atoms with Gasteiger partial charge in [-0.3, -0.25) is 14.9 Å². The number of rotatable bonds is 3. The molecular weight excluding hydrogens is 346 g/mol. The van der Waals surface area contributed by atoms with Crippen molar-refractivity contribution < 1.29 is 9.59 Å². The predicted molar refractivity (Wildman–Crippen MR) is 104 cm³/mol. The number of amides is 2. The third-order valence-electron chi connectivity index (χ3n) is 4.33. The van der Waals surface area contributed by atoms with Gasteiger partial charge < -0.3 is 5.32 Å². The monoisotopic (exact) mass is 363 g/mol. The minimum atomic E-state index is -0.168. The fourth-order valence-electron chi connectivity index (χ4n) is 2.88. The Bertz CT molecular complexity index is 993. The summed E-state index contributed by atoms with van der Waals surface area (Å²) in [5.74, 6) is -0.112. The van der Waals surface area contributed by atoms with E-state index < -0.39 is 0 Å². The van der Waals surface area contributed by atoms with Gasteiger partial charge in [-0.2, -0.15) is 0 Å². The van der Waals surface area contributed by atoms with E-state index in [1.54, 1.807) is 12.1 Å². The molecule has 0 aliphatic carbocycles. The van der Waals surface area contributed by atoms with Gasteiger partial charge in [0.15, 0.2) is 5.13 Å². The van der Waals surface area contributed by atoms with Crippen molar-refractivity contribution in [2.24, 2.45) is 0 Å². The molecule has 2 amide bonds. The number of carbonyl (C=O) groups excluding carboxylic acids is 2. The molecule has 0 unspecified atom stereocenters. The summed E-state index contributed by atoms with van der Waals surface area (Å²) in [6, 6.07) is 13.3. The number of nitrogens with one attached hydrogen (secondary N) is 2. The molecule has 0 radical (unpaired) electrons. The number of benzene rings is 2. The van der Waals surface area contributed by atoms with Gasteiger partial charge in [0.1, 0.15) is 0 Å². The normalized spacial score (nSPS) is 13.0. The highest BCUT2D eigenvalue weighted by molar-refractivity contribution is 7.14. The van der Waals surface area contributed by atoms with Crippen LogP contribution in [0.3, 0.4) is 0 Å². The van der Waals surface area contributed by atoms with Crippen LogP contribution < -0.4 is 10.6 Å². The maximum atomic E-state index is 12.3. The molecule has 0 saturated heterocycles. The summed E-state index contributed by atoms with van der Waals surface area (Å²) >= 11 is 1.40. The number of nitrogens with zero attached hydrogens (tertiary/aromatic N) is 1. The van der Waals surface area contributed by atoms with Crippen molar-refractivity contribution >= 4 is 34.0 Å². The highest BCUT2D eigenvalue weighted by Crippen LogP contribution is 2.30. The highest BCUT2D eigenvalue weighted by Gasteiger charge is 2.16. The summed E-state index contributed by atoms with van der Waals surface area (Å²) in [6.07, 6.45) is 1.24. The van der Waals surface area contributed by atoms with Gasteiger partial charge >= 0.3 is 0 Å². The van der Waals surface area contributed by atoms with Gasteiger partial charge in [0.25, 0.3) is 5.91 Å². The topological polar surface area (TPSA) is 71.1 Å². The Morgan fingerprint density at radius 2 is 1.96 bits per heavy atom. The Kier molecular flexibility index (Phi) is 4.26. The molecule has 130 valence electrons. The van der Waals surface area contributed by atoms with Gasteiger partial charge in [-0.15, -0.1) is 11.3 Å². The van der Waals surface area contributed by atoms with E-state index in [0.717, 1.165) is 34.5 Å². The van der Waals surface area contributed by atoms with Crippen molar-refractivity contribution in [2.45, 2.75) is 19.8 Å². The summed E-state index contributed by atoms with van der Waals surface area (Å²) in [6.45, 7) is 1.98. The van der Waals surface area contributed by atoms with Crippen molar-refractivity contribution in [1.82, 2.24) is 4.98 Å². The zero-order valence-corrected chi connectivity index (χ0v) is 15.0. The molecule has 2 N–H and O–H groups in total. The number of thiazole rings is 1. The summed E-state index contributed by atoms with van der Waals surface area (Å²) in [7, 11) is 0. The van der Waals surface area contributed by atoms with Crippen LogP contribution >= 0.6 is 11.3 Å². The zero-order chi connectivity index (χ0) is 18.1. The molecule has 5 nitrogen and oxygen atoms in total. The molecule has 26 heavy (non-hydrogen) atoms. The number of carbonyl (C=O) groups is 2. The summed E-state index contributed by atoms with van der Waals surface area (Å²) in [4.78, 5) is 28.3. The molecule has 6 heteroatoms. The van der Waals surface area contributed by atoms with E-state index in [1.165, 1.54) is 11.3 Å². The largest absolute Gasteiger partial charge is 0.326 e. The average molecular weight is 363 g/mol. The molecule has 0 saturated carbocycles. The van der Waals surface area contributed by atoms with Crippen LogP contribution in [0, 0.1) is 6.92 Å². The molecule has 0 spiro atoms. The Hall–Kier alpha value is -2.99. The van der Waals surface area contributed by atoms with Crippen molar-refractivity contribution in [2.75, 3.05) is 10.6 Å². The van der Waals surface area contributed by atoms with Crippen LogP contribution in [-0.2, 0) is 11.2 Å². The third-order valence-corrected chi connectivity index (χ3v) is 5.09. The number of aryl methyl sites for hydroxylation is 2. The second kappa shape index (κ2) is 6.72. The smallest absolute Gasteiger partial charge is 0.257 e. The van der Waals surface area contributed by atoms with Crippen molar-refractivity contribution in [3.63, 3.8) is 0 Å². The molecular formula is C20H17N3O2S. The maximum absolute atomic E-state index is 12.3. The Labute approximate surface area is 155 Å².